The Kier molecular flexibility index (Phi) is 2.99. The van der Waals surface area contributed by atoms with Gasteiger partial charge in [-0.15, -0.1) is 0 Å². The Morgan fingerprint density at radius 2 is 1.89 bits per heavy atom. The Hall–Kier alpha value is -1.32. The maximum atomic E-state index is 12.8. The molecule has 1 aliphatic rings. The average molecular weight is 255 g/mol. The maximum Gasteiger partial charge on any atom is 0.394 e. The summed E-state index contributed by atoms with van der Waals surface area (Å²) in [6, 6.07) is 5.80. The van der Waals surface area contributed by atoms with E-state index in [1.807, 2.05) is 25.1 Å². The van der Waals surface area contributed by atoms with Gasteiger partial charge in [-0.3, -0.25) is 4.99 Å². The first-order chi connectivity index (χ1) is 8.19. The van der Waals surface area contributed by atoms with Crippen molar-refractivity contribution < 1.29 is 13.2 Å². The van der Waals surface area contributed by atoms with Gasteiger partial charge in [0.25, 0.3) is 0 Å². The summed E-state index contributed by atoms with van der Waals surface area (Å²) in [4.78, 5) is 4.31. The highest BCUT2D eigenvalue weighted by Crippen LogP contribution is 2.42. The Bertz CT molecular complexity index is 498. The van der Waals surface area contributed by atoms with Crippen LogP contribution in [0.4, 0.5) is 18.9 Å². The number of fused-ring (bicyclic) bond motifs is 1. The van der Waals surface area contributed by atoms with Crippen LogP contribution >= 0.6 is 0 Å². The molecule has 0 atom stereocenters. The monoisotopic (exact) mass is 255 g/mol. The Morgan fingerprint density at radius 1 is 1.22 bits per heavy atom. The van der Waals surface area contributed by atoms with Crippen molar-refractivity contribution in [1.29, 1.82) is 0 Å². The first-order valence-electron chi connectivity index (χ1n) is 5.92. The Morgan fingerprint density at radius 3 is 2.50 bits per heavy atom. The van der Waals surface area contributed by atoms with E-state index >= 15 is 0 Å². The third kappa shape index (κ3) is 2.42. The second-order valence-electron chi connectivity index (χ2n) is 5.55. The van der Waals surface area contributed by atoms with Crippen molar-refractivity contribution in [3.05, 3.63) is 29.3 Å². The molecule has 2 rings (SSSR count). The lowest BCUT2D eigenvalue weighted by Crippen LogP contribution is -2.34. The fourth-order valence-electron chi connectivity index (χ4n) is 2.11. The van der Waals surface area contributed by atoms with Crippen molar-refractivity contribution in [2.24, 2.45) is 10.4 Å². The molecule has 0 fully saturated rings. The van der Waals surface area contributed by atoms with Gasteiger partial charge >= 0.3 is 6.18 Å². The summed E-state index contributed by atoms with van der Waals surface area (Å²) < 4.78 is 38.5. The fourth-order valence-corrected chi connectivity index (χ4v) is 2.11. The van der Waals surface area contributed by atoms with E-state index in [4.69, 9.17) is 0 Å². The predicted molar refractivity (Wildman–Crippen MR) is 66.4 cm³/mol. The quantitative estimate of drug-likeness (QED) is 0.732. The largest absolute Gasteiger partial charge is 0.394 e. The zero-order valence-electron chi connectivity index (χ0n) is 10.7. The van der Waals surface area contributed by atoms with Crippen molar-refractivity contribution >= 4 is 11.4 Å². The van der Waals surface area contributed by atoms with Gasteiger partial charge < -0.3 is 0 Å². The number of halogens is 3. The van der Waals surface area contributed by atoms with Crippen LogP contribution in [0.3, 0.4) is 0 Å². The van der Waals surface area contributed by atoms with E-state index in [0.29, 0.717) is 12.1 Å². The second kappa shape index (κ2) is 4.11. The lowest BCUT2D eigenvalue weighted by atomic mass is 9.85. The van der Waals surface area contributed by atoms with E-state index in [9.17, 15) is 13.2 Å². The minimum Gasteiger partial charge on any atom is -0.257 e. The number of nitrogens with zero attached hydrogens (tertiary/aromatic N) is 1. The third-order valence-corrected chi connectivity index (χ3v) is 3.32. The summed E-state index contributed by atoms with van der Waals surface area (Å²) in [5, 5.41) is 0. The molecule has 0 bridgehead atoms. The third-order valence-electron chi connectivity index (χ3n) is 3.32. The SMILES string of the molecule is Cc1ccc2c(c1)CC(CC(C)(C)C(F)(F)F)=N2. The van der Waals surface area contributed by atoms with Crippen LogP contribution in [0.1, 0.15) is 31.4 Å². The van der Waals surface area contributed by atoms with Crippen LogP contribution in [-0.4, -0.2) is 11.9 Å². The number of aliphatic imine (C=N–C) groups is 1. The number of benzene rings is 1. The van der Waals surface area contributed by atoms with Gasteiger partial charge in [0.05, 0.1) is 11.1 Å². The number of hydrogen-bond acceptors (Lipinski definition) is 1. The molecule has 98 valence electrons. The molecule has 0 radical (unpaired) electrons. The first-order valence-corrected chi connectivity index (χ1v) is 5.92. The highest BCUT2D eigenvalue weighted by atomic mass is 19.4. The second-order valence-corrected chi connectivity index (χ2v) is 5.55. The van der Waals surface area contributed by atoms with Crippen molar-refractivity contribution in [3.8, 4) is 0 Å². The standard InChI is InChI=1S/C14H16F3N/c1-9-4-5-12-10(6-9)7-11(18-12)8-13(2,3)14(15,16)17/h4-6H,7-8H2,1-3H3. The van der Waals surface area contributed by atoms with E-state index in [1.165, 1.54) is 13.8 Å². The van der Waals surface area contributed by atoms with Crippen molar-refractivity contribution in [2.75, 3.05) is 0 Å². The van der Waals surface area contributed by atoms with Gasteiger partial charge in [0.2, 0.25) is 0 Å². The van der Waals surface area contributed by atoms with Gasteiger partial charge in [-0.2, -0.15) is 13.2 Å². The molecular weight excluding hydrogens is 239 g/mol. The lowest BCUT2D eigenvalue weighted by molar-refractivity contribution is -0.208. The van der Waals surface area contributed by atoms with Gasteiger partial charge in [-0.1, -0.05) is 31.5 Å². The summed E-state index contributed by atoms with van der Waals surface area (Å²) in [6.07, 6.45) is -3.69. The van der Waals surface area contributed by atoms with Crippen LogP contribution < -0.4 is 0 Å². The van der Waals surface area contributed by atoms with Crippen LogP contribution in [-0.2, 0) is 6.42 Å². The van der Waals surface area contributed by atoms with Crippen LogP contribution in [0.25, 0.3) is 0 Å². The Labute approximate surface area is 105 Å². The molecule has 1 aromatic rings. The zero-order chi connectivity index (χ0) is 13.6. The summed E-state index contributed by atoms with van der Waals surface area (Å²) in [7, 11) is 0. The molecule has 1 aromatic carbocycles. The van der Waals surface area contributed by atoms with Gasteiger partial charge in [-0.05, 0) is 25.0 Å². The van der Waals surface area contributed by atoms with E-state index in [-0.39, 0.29) is 6.42 Å². The van der Waals surface area contributed by atoms with Gasteiger partial charge in [0, 0.05) is 12.1 Å². The maximum absolute atomic E-state index is 12.8. The van der Waals surface area contributed by atoms with Gasteiger partial charge in [0.1, 0.15) is 0 Å². The van der Waals surface area contributed by atoms with Crippen molar-refractivity contribution in [3.63, 3.8) is 0 Å². The number of rotatable bonds is 2. The van der Waals surface area contributed by atoms with Gasteiger partial charge in [-0.25, -0.2) is 0 Å². The number of aryl methyl sites for hydroxylation is 1. The van der Waals surface area contributed by atoms with E-state index in [0.717, 1.165) is 16.8 Å². The Balaban J connectivity index is 2.17. The van der Waals surface area contributed by atoms with Crippen LogP contribution in [0.2, 0.25) is 0 Å². The molecule has 0 saturated heterocycles. The summed E-state index contributed by atoms with van der Waals surface area (Å²) in [5.74, 6) is 0. The van der Waals surface area contributed by atoms with Crippen LogP contribution in [0.5, 0.6) is 0 Å². The summed E-state index contributed by atoms with van der Waals surface area (Å²) in [5.41, 5.74) is 1.86. The number of alkyl halides is 3. The minimum absolute atomic E-state index is 0.0375. The molecule has 0 amide bonds. The molecule has 0 spiro atoms. The highest BCUT2D eigenvalue weighted by molar-refractivity contribution is 5.94. The normalized spacial score (nSPS) is 15.6. The van der Waals surface area contributed by atoms with Crippen LogP contribution in [0.15, 0.2) is 23.2 Å². The van der Waals surface area contributed by atoms with Crippen molar-refractivity contribution in [2.45, 2.75) is 39.8 Å². The number of hydrogen-bond donors (Lipinski definition) is 0. The van der Waals surface area contributed by atoms with E-state index < -0.39 is 11.6 Å². The summed E-state index contributed by atoms with van der Waals surface area (Å²) >= 11 is 0. The first kappa shape index (κ1) is 13.1. The molecule has 18 heavy (non-hydrogen) atoms. The van der Waals surface area contributed by atoms with Crippen LogP contribution in [0, 0.1) is 12.3 Å². The summed E-state index contributed by atoms with van der Waals surface area (Å²) in [6.45, 7) is 4.42. The molecule has 0 unspecified atom stereocenters. The zero-order valence-corrected chi connectivity index (χ0v) is 10.7. The lowest BCUT2D eigenvalue weighted by Gasteiger charge is -2.27. The molecule has 1 nitrogen and oxygen atoms in total. The fraction of sp³-hybridized carbons (Fsp3) is 0.500. The topological polar surface area (TPSA) is 12.4 Å². The minimum atomic E-state index is -4.19. The highest BCUT2D eigenvalue weighted by Gasteiger charge is 2.47. The van der Waals surface area contributed by atoms with E-state index in [1.54, 1.807) is 0 Å². The molecule has 0 aliphatic carbocycles. The molecule has 4 heteroatoms. The average Bonchev–Trinajstić information content (AvgIpc) is 2.56. The molecule has 0 N–H and O–H groups in total. The molecule has 0 saturated carbocycles. The predicted octanol–water partition coefficient (Wildman–Crippen LogP) is 4.60. The van der Waals surface area contributed by atoms with E-state index in [2.05, 4.69) is 4.99 Å². The molecule has 1 aliphatic heterocycles. The van der Waals surface area contributed by atoms with Gasteiger partial charge in [0.15, 0.2) is 0 Å². The molecule has 1 heterocycles. The molecule has 0 aromatic heterocycles. The molecular formula is C14H16F3N. The smallest absolute Gasteiger partial charge is 0.257 e. The van der Waals surface area contributed by atoms with Crippen molar-refractivity contribution in [1.82, 2.24) is 0 Å².